The fraction of sp³-hybridized carbons (Fsp3) is 0.550. The first-order chi connectivity index (χ1) is 12.3. The summed E-state index contributed by atoms with van der Waals surface area (Å²) in [4.78, 5) is 6.91. The number of aryl methyl sites for hydroxylation is 1. The van der Waals surface area contributed by atoms with Crippen LogP contribution in [0.15, 0.2) is 41.4 Å². The number of hydrogen-bond donors (Lipinski definition) is 2. The number of hydrogen-bond acceptors (Lipinski definition) is 3. The van der Waals surface area contributed by atoms with Crippen LogP contribution in [0, 0.1) is 6.92 Å². The zero-order chi connectivity index (χ0) is 17.5. The van der Waals surface area contributed by atoms with Crippen molar-refractivity contribution in [3.05, 3.63) is 47.5 Å². The molecule has 1 unspecified atom stereocenters. The standard InChI is InChI=1S/C20H30N4O/c1-16-6-5-7-17(14-16)19(24-10-12-25-13-11-24)15-22-20(21-2)23-18-8-3-4-9-18/h3-7,14,18-19H,8-13,15H2,1-2H3,(H2,21,22,23). The third-order valence-electron chi connectivity index (χ3n) is 4.95. The zero-order valence-corrected chi connectivity index (χ0v) is 15.4. The van der Waals surface area contributed by atoms with Crippen LogP contribution < -0.4 is 10.6 Å². The SMILES string of the molecule is CN=C(NCC(c1cccc(C)c1)N1CCOCC1)NC1CC=CC1. The fourth-order valence-corrected chi connectivity index (χ4v) is 3.54. The predicted molar refractivity (Wildman–Crippen MR) is 103 cm³/mol. The molecule has 1 saturated heterocycles. The van der Waals surface area contributed by atoms with Gasteiger partial charge in [-0.25, -0.2) is 0 Å². The van der Waals surface area contributed by atoms with Crippen LogP contribution in [0.1, 0.15) is 30.0 Å². The second-order valence-corrected chi connectivity index (χ2v) is 6.82. The van der Waals surface area contributed by atoms with Crippen molar-refractivity contribution in [1.82, 2.24) is 15.5 Å². The van der Waals surface area contributed by atoms with E-state index in [0.717, 1.165) is 51.6 Å². The number of morpholine rings is 1. The van der Waals surface area contributed by atoms with Gasteiger partial charge in [0.2, 0.25) is 0 Å². The molecule has 5 heteroatoms. The molecule has 0 amide bonds. The lowest BCUT2D eigenvalue weighted by atomic mass is 10.0. The van der Waals surface area contributed by atoms with Gasteiger partial charge in [0.15, 0.2) is 5.96 Å². The number of ether oxygens (including phenoxy) is 1. The van der Waals surface area contributed by atoms with E-state index in [9.17, 15) is 0 Å². The third-order valence-corrected chi connectivity index (χ3v) is 4.95. The lowest BCUT2D eigenvalue weighted by molar-refractivity contribution is 0.0170. The van der Waals surface area contributed by atoms with Crippen LogP contribution in [0.4, 0.5) is 0 Å². The molecule has 1 fully saturated rings. The van der Waals surface area contributed by atoms with Crippen molar-refractivity contribution < 1.29 is 4.74 Å². The molecular formula is C20H30N4O. The Kier molecular flexibility index (Phi) is 6.48. The monoisotopic (exact) mass is 342 g/mol. The van der Waals surface area contributed by atoms with Crippen LogP contribution in [0.2, 0.25) is 0 Å². The second-order valence-electron chi connectivity index (χ2n) is 6.82. The van der Waals surface area contributed by atoms with Gasteiger partial charge < -0.3 is 15.4 Å². The predicted octanol–water partition coefficient (Wildman–Crippen LogP) is 2.25. The highest BCUT2D eigenvalue weighted by Crippen LogP contribution is 2.22. The molecule has 0 aromatic heterocycles. The first kappa shape index (κ1) is 18.0. The molecule has 5 nitrogen and oxygen atoms in total. The highest BCUT2D eigenvalue weighted by Gasteiger charge is 2.23. The first-order valence-corrected chi connectivity index (χ1v) is 9.27. The smallest absolute Gasteiger partial charge is 0.191 e. The molecule has 1 atom stereocenters. The maximum Gasteiger partial charge on any atom is 0.191 e. The van der Waals surface area contributed by atoms with Gasteiger partial charge in [0.25, 0.3) is 0 Å². The topological polar surface area (TPSA) is 48.9 Å². The van der Waals surface area contributed by atoms with Gasteiger partial charge in [0.05, 0.1) is 19.3 Å². The maximum absolute atomic E-state index is 5.54. The molecule has 1 heterocycles. The molecular weight excluding hydrogens is 312 g/mol. The van der Waals surface area contributed by atoms with E-state index in [1.54, 1.807) is 0 Å². The van der Waals surface area contributed by atoms with Crippen LogP contribution >= 0.6 is 0 Å². The average Bonchev–Trinajstić information content (AvgIpc) is 3.15. The van der Waals surface area contributed by atoms with Crippen LogP contribution in [-0.4, -0.2) is 56.8 Å². The highest BCUT2D eigenvalue weighted by molar-refractivity contribution is 5.80. The molecule has 1 aromatic carbocycles. The number of aliphatic imine (C=N–C) groups is 1. The molecule has 136 valence electrons. The number of nitrogens with one attached hydrogen (secondary N) is 2. The van der Waals surface area contributed by atoms with Crippen LogP contribution in [-0.2, 0) is 4.74 Å². The minimum absolute atomic E-state index is 0.323. The molecule has 1 aromatic rings. The number of guanidine groups is 1. The van der Waals surface area contributed by atoms with E-state index in [2.05, 4.69) is 63.9 Å². The van der Waals surface area contributed by atoms with E-state index in [-0.39, 0.29) is 0 Å². The van der Waals surface area contributed by atoms with Gasteiger partial charge in [0.1, 0.15) is 0 Å². The molecule has 1 aliphatic heterocycles. The van der Waals surface area contributed by atoms with Gasteiger partial charge in [-0.05, 0) is 25.3 Å². The third kappa shape index (κ3) is 5.06. The molecule has 0 saturated carbocycles. The normalized spacial score (nSPS) is 20.6. The molecule has 0 spiro atoms. The summed E-state index contributed by atoms with van der Waals surface area (Å²) >= 11 is 0. The van der Waals surface area contributed by atoms with Gasteiger partial charge >= 0.3 is 0 Å². The van der Waals surface area contributed by atoms with Crippen LogP contribution in [0.3, 0.4) is 0 Å². The highest BCUT2D eigenvalue weighted by atomic mass is 16.5. The molecule has 0 radical (unpaired) electrons. The molecule has 25 heavy (non-hydrogen) atoms. The Labute approximate surface area is 151 Å². The Bertz CT molecular complexity index is 599. The molecule has 0 bridgehead atoms. The zero-order valence-electron chi connectivity index (χ0n) is 15.4. The minimum atomic E-state index is 0.323. The molecule has 1 aliphatic carbocycles. The summed E-state index contributed by atoms with van der Waals surface area (Å²) < 4.78 is 5.54. The lowest BCUT2D eigenvalue weighted by Crippen LogP contribution is -2.48. The van der Waals surface area contributed by atoms with E-state index < -0.39 is 0 Å². The second kappa shape index (κ2) is 9.02. The summed E-state index contributed by atoms with van der Waals surface area (Å²) in [6, 6.07) is 9.61. The molecule has 3 rings (SSSR count). The van der Waals surface area contributed by atoms with E-state index in [1.807, 2.05) is 7.05 Å². The van der Waals surface area contributed by atoms with Crippen molar-refractivity contribution in [2.75, 3.05) is 39.9 Å². The van der Waals surface area contributed by atoms with Crippen molar-refractivity contribution in [2.45, 2.75) is 31.8 Å². The van der Waals surface area contributed by atoms with Crippen molar-refractivity contribution in [2.24, 2.45) is 4.99 Å². The van der Waals surface area contributed by atoms with Gasteiger partial charge in [0, 0.05) is 32.7 Å². The van der Waals surface area contributed by atoms with Gasteiger partial charge in [-0.1, -0.05) is 42.0 Å². The van der Waals surface area contributed by atoms with Crippen LogP contribution in [0.25, 0.3) is 0 Å². The lowest BCUT2D eigenvalue weighted by Gasteiger charge is -2.35. The Hall–Kier alpha value is -1.85. The maximum atomic E-state index is 5.54. The van der Waals surface area contributed by atoms with Crippen molar-refractivity contribution in [3.8, 4) is 0 Å². The van der Waals surface area contributed by atoms with Crippen LogP contribution in [0.5, 0.6) is 0 Å². The number of benzene rings is 1. The quantitative estimate of drug-likeness (QED) is 0.490. The summed E-state index contributed by atoms with van der Waals surface area (Å²) in [5.74, 6) is 0.889. The molecule has 2 N–H and O–H groups in total. The summed E-state index contributed by atoms with van der Waals surface area (Å²) in [5, 5.41) is 7.06. The summed E-state index contributed by atoms with van der Waals surface area (Å²) in [5.41, 5.74) is 2.66. The summed E-state index contributed by atoms with van der Waals surface area (Å²) in [7, 11) is 1.84. The van der Waals surface area contributed by atoms with E-state index in [0.29, 0.717) is 12.1 Å². The van der Waals surface area contributed by atoms with Gasteiger partial charge in [-0.15, -0.1) is 0 Å². The van der Waals surface area contributed by atoms with E-state index in [4.69, 9.17) is 4.74 Å². The number of rotatable bonds is 5. The van der Waals surface area contributed by atoms with Crippen molar-refractivity contribution in [1.29, 1.82) is 0 Å². The Morgan fingerprint density at radius 3 is 2.72 bits per heavy atom. The molecule has 2 aliphatic rings. The Morgan fingerprint density at radius 1 is 1.28 bits per heavy atom. The van der Waals surface area contributed by atoms with Crippen molar-refractivity contribution >= 4 is 5.96 Å². The summed E-state index contributed by atoms with van der Waals surface area (Å²) in [6.07, 6.45) is 6.61. The van der Waals surface area contributed by atoms with Gasteiger partial charge in [-0.3, -0.25) is 9.89 Å². The largest absolute Gasteiger partial charge is 0.379 e. The first-order valence-electron chi connectivity index (χ1n) is 9.27. The Balaban J connectivity index is 1.66. The minimum Gasteiger partial charge on any atom is -0.379 e. The fourth-order valence-electron chi connectivity index (χ4n) is 3.54. The van der Waals surface area contributed by atoms with E-state index >= 15 is 0 Å². The van der Waals surface area contributed by atoms with Gasteiger partial charge in [-0.2, -0.15) is 0 Å². The summed E-state index contributed by atoms with van der Waals surface area (Å²) in [6.45, 7) is 6.55. The average molecular weight is 342 g/mol. The van der Waals surface area contributed by atoms with E-state index in [1.165, 1.54) is 11.1 Å². The van der Waals surface area contributed by atoms with Crippen molar-refractivity contribution in [3.63, 3.8) is 0 Å². The Morgan fingerprint density at radius 2 is 2.04 bits per heavy atom. The number of nitrogens with zero attached hydrogens (tertiary/aromatic N) is 2.